The number of aromatic nitrogens is 1. The molecule has 1 aromatic carbocycles. The number of hydrogen-bond acceptors (Lipinski definition) is 6. The molecule has 2 aromatic rings. The van der Waals surface area contributed by atoms with Crippen molar-refractivity contribution in [1.82, 2.24) is 9.88 Å². The number of nitrogens with one attached hydrogen (secondary N) is 1. The van der Waals surface area contributed by atoms with Gasteiger partial charge in [-0.1, -0.05) is 6.07 Å². The quantitative estimate of drug-likeness (QED) is 0.522. The number of pyridine rings is 1. The van der Waals surface area contributed by atoms with Gasteiger partial charge in [0.15, 0.2) is 0 Å². The zero-order valence-electron chi connectivity index (χ0n) is 16.0. The van der Waals surface area contributed by atoms with Crippen LogP contribution in [0.25, 0.3) is 0 Å². The van der Waals surface area contributed by atoms with Crippen molar-refractivity contribution < 1.29 is 9.72 Å². The van der Waals surface area contributed by atoms with E-state index in [-0.39, 0.29) is 48.5 Å². The zero-order chi connectivity index (χ0) is 19.4. The van der Waals surface area contributed by atoms with Crippen LogP contribution in [0.3, 0.4) is 0 Å². The number of nitrogens with zero attached hydrogens (tertiary/aromatic N) is 3. The molecule has 2 atom stereocenters. The molecule has 1 aromatic heterocycles. The molecule has 1 aliphatic rings. The van der Waals surface area contributed by atoms with Crippen molar-refractivity contribution in [2.45, 2.75) is 31.8 Å². The smallest absolute Gasteiger partial charge is 0.293 e. The summed E-state index contributed by atoms with van der Waals surface area (Å²) in [5.74, 6) is -0.213. The maximum Gasteiger partial charge on any atom is 0.293 e. The number of benzene rings is 1. The number of amides is 1. The van der Waals surface area contributed by atoms with Crippen LogP contribution in [0.4, 0.5) is 11.4 Å². The Labute approximate surface area is 181 Å². The Balaban J connectivity index is 0.00000210. The molecule has 0 aliphatic carbocycles. The Hall–Kier alpha value is -2.42. The molecule has 29 heavy (non-hydrogen) atoms. The summed E-state index contributed by atoms with van der Waals surface area (Å²) in [5, 5.41) is 14.7. The number of anilines is 1. The van der Waals surface area contributed by atoms with Gasteiger partial charge >= 0.3 is 0 Å². The van der Waals surface area contributed by atoms with Crippen molar-refractivity contribution in [2.24, 2.45) is 5.73 Å². The lowest BCUT2D eigenvalue weighted by Crippen LogP contribution is -2.39. The van der Waals surface area contributed by atoms with Gasteiger partial charge < -0.3 is 16.0 Å². The number of carbonyl (C=O) groups excluding carboxylic acids is 1. The highest BCUT2D eigenvalue weighted by Crippen LogP contribution is 2.30. The van der Waals surface area contributed by atoms with Crippen molar-refractivity contribution in [2.75, 3.05) is 18.4 Å². The fraction of sp³-hybridized carbons (Fsp3) is 0.368. The first-order valence-electron chi connectivity index (χ1n) is 8.98. The Bertz CT molecular complexity index is 838. The van der Waals surface area contributed by atoms with Gasteiger partial charge in [-0.25, -0.2) is 0 Å². The van der Waals surface area contributed by atoms with E-state index in [1.54, 1.807) is 23.2 Å². The summed E-state index contributed by atoms with van der Waals surface area (Å²) >= 11 is 0. The lowest BCUT2D eigenvalue weighted by Gasteiger charge is -2.23. The molecule has 3 N–H and O–H groups in total. The van der Waals surface area contributed by atoms with Gasteiger partial charge in [-0.15, -0.1) is 24.8 Å². The highest BCUT2D eigenvalue weighted by Gasteiger charge is 2.29. The molecule has 3 rings (SSSR count). The summed E-state index contributed by atoms with van der Waals surface area (Å²) in [6, 6.07) is 9.84. The van der Waals surface area contributed by atoms with Crippen LogP contribution in [0.15, 0.2) is 42.6 Å². The van der Waals surface area contributed by atoms with Crippen molar-refractivity contribution in [3.05, 3.63) is 64.0 Å². The fourth-order valence-electron chi connectivity index (χ4n) is 3.39. The predicted octanol–water partition coefficient (Wildman–Crippen LogP) is 3.57. The van der Waals surface area contributed by atoms with Crippen molar-refractivity contribution in [3.63, 3.8) is 0 Å². The standard InChI is InChI=1S/C19H23N5O3.2ClH/c1-13(16-6-2-3-9-21-16)22-17-8-7-14(11-18(17)24(26)27)19(25)23-10-4-5-15(23)12-20;;/h2-3,6-9,11,13,15,22H,4-5,10,12,20H2,1H3;2*1H. The van der Waals surface area contributed by atoms with Gasteiger partial charge in [0.1, 0.15) is 5.69 Å². The van der Waals surface area contributed by atoms with Gasteiger partial charge in [-0.05, 0) is 44.0 Å². The summed E-state index contributed by atoms with van der Waals surface area (Å²) in [6.07, 6.45) is 3.44. The highest BCUT2D eigenvalue weighted by molar-refractivity contribution is 5.96. The minimum Gasteiger partial charge on any atom is -0.371 e. The molecule has 2 heterocycles. The Morgan fingerprint density at radius 3 is 2.76 bits per heavy atom. The normalized spacial score (nSPS) is 16.3. The molecule has 1 saturated heterocycles. The second-order valence-corrected chi connectivity index (χ2v) is 6.64. The van der Waals surface area contributed by atoms with E-state index in [1.165, 1.54) is 6.07 Å². The SMILES string of the molecule is CC(Nc1ccc(C(=O)N2CCCC2CN)cc1[N+](=O)[O-])c1ccccn1.Cl.Cl. The molecule has 1 fully saturated rings. The molecule has 0 spiro atoms. The van der Waals surface area contributed by atoms with Gasteiger partial charge in [0.2, 0.25) is 0 Å². The van der Waals surface area contributed by atoms with Crippen LogP contribution >= 0.6 is 24.8 Å². The second-order valence-electron chi connectivity index (χ2n) is 6.64. The number of halogens is 2. The molecule has 0 saturated carbocycles. The Morgan fingerprint density at radius 2 is 2.14 bits per heavy atom. The number of rotatable bonds is 6. The molecular formula is C19H25Cl2N5O3. The van der Waals surface area contributed by atoms with Gasteiger partial charge in [0, 0.05) is 37.0 Å². The van der Waals surface area contributed by atoms with Crippen molar-refractivity contribution in [3.8, 4) is 0 Å². The summed E-state index contributed by atoms with van der Waals surface area (Å²) in [5.41, 5.74) is 7.03. The first-order chi connectivity index (χ1) is 13.0. The predicted molar refractivity (Wildman–Crippen MR) is 117 cm³/mol. The largest absolute Gasteiger partial charge is 0.371 e. The maximum atomic E-state index is 12.8. The molecule has 8 nitrogen and oxygen atoms in total. The van der Waals surface area contributed by atoms with Crippen LogP contribution in [0, 0.1) is 10.1 Å². The van der Waals surface area contributed by atoms with E-state index < -0.39 is 4.92 Å². The van der Waals surface area contributed by atoms with Crippen LogP contribution in [0.1, 0.15) is 41.9 Å². The number of carbonyl (C=O) groups is 1. The summed E-state index contributed by atoms with van der Waals surface area (Å²) in [4.78, 5) is 29.8. The number of nitrogens with two attached hydrogens (primary N) is 1. The molecule has 2 unspecified atom stereocenters. The molecule has 1 amide bonds. The summed E-state index contributed by atoms with van der Waals surface area (Å²) in [7, 11) is 0. The molecule has 1 aliphatic heterocycles. The van der Waals surface area contributed by atoms with E-state index in [1.807, 2.05) is 25.1 Å². The van der Waals surface area contributed by atoms with E-state index >= 15 is 0 Å². The minimum absolute atomic E-state index is 0. The molecule has 0 bridgehead atoms. The maximum absolute atomic E-state index is 12.8. The minimum atomic E-state index is -0.478. The molecular weight excluding hydrogens is 417 g/mol. The summed E-state index contributed by atoms with van der Waals surface area (Å²) in [6.45, 7) is 2.90. The van der Waals surface area contributed by atoms with Crippen LogP contribution in [0.2, 0.25) is 0 Å². The third-order valence-electron chi connectivity index (χ3n) is 4.85. The van der Waals surface area contributed by atoms with E-state index in [9.17, 15) is 14.9 Å². The van der Waals surface area contributed by atoms with E-state index in [4.69, 9.17) is 5.73 Å². The first kappa shape index (κ1) is 24.6. The third kappa shape index (κ3) is 5.56. The molecule has 158 valence electrons. The zero-order valence-corrected chi connectivity index (χ0v) is 17.6. The number of likely N-dealkylation sites (tertiary alicyclic amines) is 1. The van der Waals surface area contributed by atoms with Crippen molar-refractivity contribution >= 4 is 42.1 Å². The monoisotopic (exact) mass is 441 g/mol. The van der Waals surface area contributed by atoms with Crippen molar-refractivity contribution in [1.29, 1.82) is 0 Å². The van der Waals surface area contributed by atoms with Crippen LogP contribution in [-0.2, 0) is 0 Å². The van der Waals surface area contributed by atoms with Crippen LogP contribution < -0.4 is 11.1 Å². The van der Waals surface area contributed by atoms with Gasteiger partial charge in [0.25, 0.3) is 11.6 Å². The highest BCUT2D eigenvalue weighted by atomic mass is 35.5. The Morgan fingerprint density at radius 1 is 1.38 bits per heavy atom. The topological polar surface area (TPSA) is 114 Å². The third-order valence-corrected chi connectivity index (χ3v) is 4.85. The van der Waals surface area contributed by atoms with E-state index in [0.29, 0.717) is 24.3 Å². The van der Waals surface area contributed by atoms with Crippen LogP contribution in [0.5, 0.6) is 0 Å². The van der Waals surface area contributed by atoms with Crippen LogP contribution in [-0.4, -0.2) is 39.8 Å². The number of hydrogen-bond donors (Lipinski definition) is 2. The lowest BCUT2D eigenvalue weighted by atomic mass is 10.1. The Kier molecular flexibility index (Phi) is 9.29. The second kappa shape index (κ2) is 10.9. The number of nitro benzene ring substituents is 1. The van der Waals surface area contributed by atoms with Gasteiger partial charge in [-0.2, -0.15) is 0 Å². The van der Waals surface area contributed by atoms with E-state index in [2.05, 4.69) is 10.3 Å². The average molecular weight is 442 g/mol. The lowest BCUT2D eigenvalue weighted by molar-refractivity contribution is -0.384. The molecule has 10 heteroatoms. The summed E-state index contributed by atoms with van der Waals surface area (Å²) < 4.78 is 0. The van der Waals surface area contributed by atoms with E-state index in [0.717, 1.165) is 18.5 Å². The average Bonchev–Trinajstić information content (AvgIpc) is 3.17. The number of nitro groups is 1. The van der Waals surface area contributed by atoms with Gasteiger partial charge in [-0.3, -0.25) is 19.9 Å². The first-order valence-corrected chi connectivity index (χ1v) is 8.98. The molecule has 0 radical (unpaired) electrons. The fourth-order valence-corrected chi connectivity index (χ4v) is 3.39. The van der Waals surface area contributed by atoms with Gasteiger partial charge in [0.05, 0.1) is 16.7 Å².